The number of carbonyl (C=O) groups excluding carboxylic acids is 4. The van der Waals surface area contributed by atoms with Gasteiger partial charge in [0.2, 0.25) is 5.91 Å². The lowest BCUT2D eigenvalue weighted by atomic mass is 9.97. The largest absolute Gasteiger partial charge is 0.430 e. The van der Waals surface area contributed by atoms with E-state index in [4.69, 9.17) is 9.57 Å². The van der Waals surface area contributed by atoms with Crippen molar-refractivity contribution in [2.45, 2.75) is 66.7 Å². The lowest BCUT2D eigenvalue weighted by Crippen LogP contribution is -2.35. The van der Waals surface area contributed by atoms with E-state index in [2.05, 4.69) is 10.0 Å². The van der Waals surface area contributed by atoms with Crippen LogP contribution in [0.4, 0.5) is 17.1 Å². The molecule has 0 spiro atoms. The minimum absolute atomic E-state index is 0.0322. The van der Waals surface area contributed by atoms with Gasteiger partial charge in [-0.15, -0.1) is 5.06 Å². The molecular formula is C29H35N3O8S. The van der Waals surface area contributed by atoms with Gasteiger partial charge in [-0.25, -0.2) is 13.2 Å². The molecule has 0 unspecified atom stereocenters. The minimum atomic E-state index is -4.08. The molecule has 0 bridgehead atoms. The number of fused-ring (bicyclic) bond motifs is 1. The number of rotatable bonds is 7. The zero-order valence-corrected chi connectivity index (χ0v) is 25.2. The highest BCUT2D eigenvalue weighted by Crippen LogP contribution is 2.42. The average molecular weight is 586 g/mol. The Morgan fingerprint density at radius 3 is 1.95 bits per heavy atom. The highest BCUT2D eigenvalue weighted by atomic mass is 32.2. The van der Waals surface area contributed by atoms with Gasteiger partial charge in [0.25, 0.3) is 15.9 Å². The molecule has 2 N–H and O–H groups in total. The van der Waals surface area contributed by atoms with Crippen LogP contribution in [0.5, 0.6) is 0 Å². The summed E-state index contributed by atoms with van der Waals surface area (Å²) in [5, 5.41) is 3.36. The van der Waals surface area contributed by atoms with Gasteiger partial charge in [0.1, 0.15) is 5.76 Å². The quantitative estimate of drug-likeness (QED) is 0.262. The Morgan fingerprint density at radius 1 is 0.878 bits per heavy atom. The van der Waals surface area contributed by atoms with Crippen LogP contribution in [0.3, 0.4) is 0 Å². The molecule has 2 aromatic rings. The van der Waals surface area contributed by atoms with E-state index in [-0.39, 0.29) is 39.9 Å². The summed E-state index contributed by atoms with van der Waals surface area (Å²) in [4.78, 5) is 55.7. The van der Waals surface area contributed by atoms with Crippen molar-refractivity contribution in [3.63, 3.8) is 0 Å². The summed E-state index contributed by atoms with van der Waals surface area (Å²) in [6.45, 7) is 13.0. The second kappa shape index (κ2) is 11.4. The van der Waals surface area contributed by atoms with Gasteiger partial charge in [-0.2, -0.15) is 0 Å². The molecule has 1 heterocycles. The Morgan fingerprint density at radius 2 is 1.44 bits per heavy atom. The summed E-state index contributed by atoms with van der Waals surface area (Å²) in [7, 11) is -4.08. The molecule has 1 aliphatic heterocycles. The summed E-state index contributed by atoms with van der Waals surface area (Å²) >= 11 is 0. The molecule has 0 radical (unpaired) electrons. The number of hydroxylamine groups is 1. The highest BCUT2D eigenvalue weighted by Gasteiger charge is 2.41. The van der Waals surface area contributed by atoms with Gasteiger partial charge >= 0.3 is 11.9 Å². The molecule has 11 nitrogen and oxygen atoms in total. The van der Waals surface area contributed by atoms with Crippen molar-refractivity contribution in [2.24, 2.45) is 10.8 Å². The Labute approximate surface area is 239 Å². The van der Waals surface area contributed by atoms with E-state index in [1.165, 1.54) is 49.4 Å². The van der Waals surface area contributed by atoms with Crippen molar-refractivity contribution in [2.75, 3.05) is 15.1 Å². The predicted octanol–water partition coefficient (Wildman–Crippen LogP) is 5.01. The van der Waals surface area contributed by atoms with Crippen LogP contribution in [-0.2, 0) is 38.8 Å². The van der Waals surface area contributed by atoms with Crippen molar-refractivity contribution in [3.8, 4) is 0 Å². The monoisotopic (exact) mass is 585 g/mol. The van der Waals surface area contributed by atoms with E-state index in [0.29, 0.717) is 11.3 Å². The first kappa shape index (κ1) is 31.3. The van der Waals surface area contributed by atoms with E-state index < -0.39 is 38.7 Å². The minimum Gasteiger partial charge on any atom is -0.430 e. The van der Waals surface area contributed by atoms with Crippen LogP contribution in [0.2, 0.25) is 0 Å². The number of sulfonamides is 1. The zero-order chi connectivity index (χ0) is 30.9. The summed E-state index contributed by atoms with van der Waals surface area (Å²) in [6, 6.07) is 9.87. The lowest BCUT2D eigenvalue weighted by Gasteiger charge is -2.22. The first-order valence-corrected chi connectivity index (χ1v) is 14.4. The van der Waals surface area contributed by atoms with Crippen molar-refractivity contribution >= 4 is 56.4 Å². The summed E-state index contributed by atoms with van der Waals surface area (Å²) in [5.41, 5.74) is -0.842. The van der Waals surface area contributed by atoms with Gasteiger partial charge < -0.3 is 14.9 Å². The van der Waals surface area contributed by atoms with Gasteiger partial charge in [-0.1, -0.05) is 6.92 Å². The van der Waals surface area contributed by atoms with E-state index >= 15 is 0 Å². The van der Waals surface area contributed by atoms with Crippen molar-refractivity contribution < 1.29 is 37.2 Å². The maximum absolute atomic E-state index is 13.6. The molecule has 3 rings (SSSR count). The molecule has 2 amide bonds. The highest BCUT2D eigenvalue weighted by molar-refractivity contribution is 7.92. The summed E-state index contributed by atoms with van der Waals surface area (Å²) in [5.74, 6) is -2.18. The van der Waals surface area contributed by atoms with Crippen LogP contribution in [0.25, 0.3) is 5.57 Å². The number of ether oxygens (including phenoxy) is 1. The molecule has 12 heteroatoms. The van der Waals surface area contributed by atoms with Crippen molar-refractivity contribution in [1.82, 2.24) is 0 Å². The van der Waals surface area contributed by atoms with Crippen LogP contribution in [0.15, 0.2) is 53.1 Å². The molecule has 220 valence electrons. The fourth-order valence-corrected chi connectivity index (χ4v) is 4.63. The molecule has 41 heavy (non-hydrogen) atoms. The number of nitrogens with zero attached hydrogens (tertiary/aromatic N) is 1. The normalized spacial score (nSPS) is 14.7. The predicted molar refractivity (Wildman–Crippen MR) is 154 cm³/mol. The molecule has 0 fully saturated rings. The Balaban J connectivity index is 2.06. The lowest BCUT2D eigenvalue weighted by molar-refractivity contribution is -0.157. The molecule has 2 aromatic carbocycles. The van der Waals surface area contributed by atoms with E-state index in [9.17, 15) is 27.6 Å². The van der Waals surface area contributed by atoms with Gasteiger partial charge in [0.05, 0.1) is 32.7 Å². The molecule has 0 saturated heterocycles. The number of nitrogens with one attached hydrogen (secondary N) is 2. The van der Waals surface area contributed by atoms with Gasteiger partial charge in [-0.3, -0.25) is 19.1 Å². The zero-order valence-electron chi connectivity index (χ0n) is 24.4. The number of hydrogen-bond donors (Lipinski definition) is 2. The van der Waals surface area contributed by atoms with Crippen LogP contribution < -0.4 is 15.1 Å². The van der Waals surface area contributed by atoms with E-state index in [1.54, 1.807) is 48.5 Å². The number of benzene rings is 2. The number of amides is 2. The van der Waals surface area contributed by atoms with Crippen LogP contribution in [-0.4, -0.2) is 32.2 Å². The van der Waals surface area contributed by atoms with Gasteiger partial charge in [0.15, 0.2) is 0 Å². The molecule has 0 atom stereocenters. The first-order chi connectivity index (χ1) is 18.8. The second-order valence-electron chi connectivity index (χ2n) is 11.6. The molecule has 0 aromatic heterocycles. The molecule has 0 aliphatic carbocycles. The molecule has 0 saturated carbocycles. The van der Waals surface area contributed by atoms with E-state index in [1.807, 2.05) is 0 Å². The Kier molecular flexibility index (Phi) is 8.68. The maximum Gasteiger partial charge on any atom is 0.338 e. The van der Waals surface area contributed by atoms with Crippen LogP contribution >= 0.6 is 0 Å². The van der Waals surface area contributed by atoms with Gasteiger partial charge in [-0.05, 0) is 84.0 Å². The van der Waals surface area contributed by atoms with Crippen LogP contribution in [0, 0.1) is 10.8 Å². The third-order valence-corrected chi connectivity index (χ3v) is 7.23. The molecular weight excluding hydrogens is 550 g/mol. The standard InChI is InChI=1S/C29H35N3O8S/c1-9-23(39-26(35)28(3,4)5)24-21-15-12-19(16-22(21)32(25(24)34)40-27(36)29(6,7)8)31-41(37,38)20-13-10-18(11-14-20)30-17(2)33/h10-16,31H,9H2,1-8H3,(H,30,33)/b24-23-. The third kappa shape index (κ3) is 7.12. The number of allylic oxidation sites excluding steroid dienone is 1. The Bertz CT molecular complexity index is 1530. The third-order valence-electron chi connectivity index (χ3n) is 5.84. The first-order valence-electron chi connectivity index (χ1n) is 12.9. The van der Waals surface area contributed by atoms with Gasteiger partial charge in [0, 0.05) is 24.6 Å². The number of esters is 1. The van der Waals surface area contributed by atoms with E-state index in [0.717, 1.165) is 5.06 Å². The average Bonchev–Trinajstić information content (AvgIpc) is 3.11. The number of hydrogen-bond acceptors (Lipinski definition) is 8. The second-order valence-corrected chi connectivity index (χ2v) is 13.2. The fourth-order valence-electron chi connectivity index (χ4n) is 3.58. The fraction of sp³-hybridized carbons (Fsp3) is 0.379. The maximum atomic E-state index is 13.6. The Hall–Kier alpha value is -4.19. The van der Waals surface area contributed by atoms with Crippen LogP contribution in [0.1, 0.15) is 67.4 Å². The molecule has 1 aliphatic rings. The van der Waals surface area contributed by atoms with Crippen molar-refractivity contribution in [3.05, 3.63) is 53.8 Å². The smallest absolute Gasteiger partial charge is 0.338 e. The number of carbonyl (C=O) groups is 4. The SMILES string of the molecule is CC/C(OC(=O)C(C)(C)C)=C1/C(=O)N(OC(=O)C(C)(C)C)c2cc(NS(=O)(=O)c3ccc(NC(C)=O)cc3)ccc21. The number of anilines is 3. The summed E-state index contributed by atoms with van der Waals surface area (Å²) in [6.07, 6.45) is 0.187. The topological polar surface area (TPSA) is 148 Å². The summed E-state index contributed by atoms with van der Waals surface area (Å²) < 4.78 is 34.3. The van der Waals surface area contributed by atoms with Crippen molar-refractivity contribution in [1.29, 1.82) is 0 Å².